The topological polar surface area (TPSA) is 99.2 Å². The average Bonchev–Trinajstić information content (AvgIpc) is 3.10. The lowest BCUT2D eigenvalue weighted by molar-refractivity contribution is 0.101. The maximum absolute atomic E-state index is 11.5. The van der Waals surface area contributed by atoms with E-state index in [2.05, 4.69) is 20.4 Å². The summed E-state index contributed by atoms with van der Waals surface area (Å²) in [6, 6.07) is 8.95. The van der Waals surface area contributed by atoms with E-state index in [1.54, 1.807) is 38.6 Å². The predicted octanol–water partition coefficient (Wildman–Crippen LogP) is 2.88. The Bertz CT molecular complexity index is 890. The normalized spacial score (nSPS) is 10.4. The van der Waals surface area contributed by atoms with Gasteiger partial charge in [0.15, 0.2) is 11.5 Å². The molecule has 3 aromatic rings. The summed E-state index contributed by atoms with van der Waals surface area (Å²) >= 11 is 0. The molecule has 0 amide bonds. The van der Waals surface area contributed by atoms with Crippen LogP contribution in [-0.2, 0) is 0 Å². The molecule has 3 rings (SSSR count). The molecule has 0 aliphatic carbocycles. The van der Waals surface area contributed by atoms with Gasteiger partial charge >= 0.3 is 0 Å². The van der Waals surface area contributed by atoms with Gasteiger partial charge in [-0.15, -0.1) is 0 Å². The van der Waals surface area contributed by atoms with E-state index < -0.39 is 0 Å². The van der Waals surface area contributed by atoms with Crippen molar-refractivity contribution in [3.8, 4) is 34.4 Å². The first-order valence-corrected chi connectivity index (χ1v) is 7.40. The molecule has 2 heterocycles. The molecule has 0 saturated heterocycles. The summed E-state index contributed by atoms with van der Waals surface area (Å²) in [5, 5.41) is 9.88. The van der Waals surface area contributed by atoms with Crippen molar-refractivity contribution >= 4 is 5.78 Å². The highest BCUT2D eigenvalue weighted by Gasteiger charge is 2.15. The number of aromatic nitrogens is 4. The van der Waals surface area contributed by atoms with Gasteiger partial charge in [0, 0.05) is 36.4 Å². The summed E-state index contributed by atoms with van der Waals surface area (Å²) in [7, 11) is 3.13. The second-order valence-electron chi connectivity index (χ2n) is 5.10. The monoisotopic (exact) mass is 340 g/mol. The molecule has 0 unspecified atom stereocenters. The summed E-state index contributed by atoms with van der Waals surface area (Å²) in [4.78, 5) is 15.7. The Morgan fingerprint density at radius 2 is 1.96 bits per heavy atom. The molecular formula is C17H16N4O4. The lowest BCUT2D eigenvalue weighted by atomic mass is 10.1. The highest BCUT2D eigenvalue weighted by atomic mass is 16.5. The van der Waals surface area contributed by atoms with Crippen molar-refractivity contribution in [1.82, 2.24) is 20.4 Å². The van der Waals surface area contributed by atoms with Crippen LogP contribution >= 0.6 is 0 Å². The van der Waals surface area contributed by atoms with Crippen molar-refractivity contribution in [3.05, 3.63) is 42.2 Å². The minimum atomic E-state index is -0.215. The van der Waals surface area contributed by atoms with Crippen LogP contribution in [0, 0.1) is 0 Å². The Kier molecular flexibility index (Phi) is 4.60. The van der Waals surface area contributed by atoms with Gasteiger partial charge in [-0.25, -0.2) is 4.98 Å². The molecule has 0 spiro atoms. The molecule has 0 atom stereocenters. The Labute approximate surface area is 143 Å². The quantitative estimate of drug-likeness (QED) is 0.689. The number of carbonyl (C=O) groups is 1. The number of methoxy groups -OCH3 is 2. The van der Waals surface area contributed by atoms with Gasteiger partial charge in [-0.3, -0.25) is 9.89 Å². The molecular weight excluding hydrogens is 324 g/mol. The highest BCUT2D eigenvalue weighted by molar-refractivity contribution is 5.94. The fourth-order valence-corrected chi connectivity index (χ4v) is 2.26. The summed E-state index contributed by atoms with van der Waals surface area (Å²) in [6.45, 7) is 1.41. The standard InChI is InChI=1S/C17H16N4O4/c1-10(22)16-17(20-21-19-16)25-12-5-6-13(14(8-12)23-2)11-4-7-15(24-3)18-9-11/h4-9H,1-3H3,(H,19,20,21). The lowest BCUT2D eigenvalue weighted by Crippen LogP contribution is -1.97. The van der Waals surface area contributed by atoms with Gasteiger partial charge in [-0.05, 0) is 18.2 Å². The van der Waals surface area contributed by atoms with Crippen molar-refractivity contribution < 1.29 is 19.0 Å². The van der Waals surface area contributed by atoms with Crippen LogP contribution in [0.5, 0.6) is 23.3 Å². The van der Waals surface area contributed by atoms with E-state index in [0.29, 0.717) is 17.4 Å². The molecule has 2 aromatic heterocycles. The fourth-order valence-electron chi connectivity index (χ4n) is 2.26. The van der Waals surface area contributed by atoms with E-state index in [-0.39, 0.29) is 17.4 Å². The summed E-state index contributed by atoms with van der Waals surface area (Å²) in [5.74, 6) is 1.50. The number of hydrogen-bond donors (Lipinski definition) is 1. The second kappa shape index (κ2) is 7.00. The fraction of sp³-hybridized carbons (Fsp3) is 0.176. The van der Waals surface area contributed by atoms with Gasteiger partial charge in [0.25, 0.3) is 5.88 Å². The van der Waals surface area contributed by atoms with Gasteiger partial charge in [0.05, 0.1) is 14.2 Å². The van der Waals surface area contributed by atoms with Gasteiger partial charge in [-0.1, -0.05) is 10.3 Å². The van der Waals surface area contributed by atoms with Crippen LogP contribution in [0.4, 0.5) is 0 Å². The number of nitrogens with zero attached hydrogens (tertiary/aromatic N) is 3. The number of Topliss-reactive ketones (excluding diaryl/α,β-unsaturated/α-hetero) is 1. The number of nitrogens with one attached hydrogen (secondary N) is 1. The number of ketones is 1. The minimum absolute atomic E-state index is 0.119. The molecule has 25 heavy (non-hydrogen) atoms. The van der Waals surface area contributed by atoms with Crippen LogP contribution in [-0.4, -0.2) is 40.4 Å². The van der Waals surface area contributed by atoms with E-state index in [1.165, 1.54) is 6.92 Å². The third kappa shape index (κ3) is 3.42. The van der Waals surface area contributed by atoms with E-state index in [4.69, 9.17) is 14.2 Å². The highest BCUT2D eigenvalue weighted by Crippen LogP contribution is 2.35. The number of hydrogen-bond acceptors (Lipinski definition) is 7. The molecule has 128 valence electrons. The first kappa shape index (κ1) is 16.4. The molecule has 8 nitrogen and oxygen atoms in total. The average molecular weight is 340 g/mol. The van der Waals surface area contributed by atoms with Crippen LogP contribution in [0.1, 0.15) is 17.4 Å². The SMILES string of the molecule is COc1ccc(-c2ccc(Oc3nn[nH]c3C(C)=O)cc2OC)cn1. The third-order valence-electron chi connectivity index (χ3n) is 3.51. The van der Waals surface area contributed by atoms with Crippen molar-refractivity contribution in [2.75, 3.05) is 14.2 Å². The maximum atomic E-state index is 11.5. The zero-order chi connectivity index (χ0) is 17.8. The van der Waals surface area contributed by atoms with Crippen molar-refractivity contribution in [2.24, 2.45) is 0 Å². The van der Waals surface area contributed by atoms with E-state index in [0.717, 1.165) is 11.1 Å². The van der Waals surface area contributed by atoms with Gasteiger partial charge in [-0.2, -0.15) is 0 Å². The Balaban J connectivity index is 1.91. The molecule has 1 N–H and O–H groups in total. The molecule has 0 saturated carbocycles. The number of aromatic amines is 1. The smallest absolute Gasteiger partial charge is 0.269 e. The number of carbonyl (C=O) groups excluding carboxylic acids is 1. The number of pyridine rings is 1. The first-order chi connectivity index (χ1) is 12.1. The van der Waals surface area contributed by atoms with E-state index in [9.17, 15) is 4.79 Å². The van der Waals surface area contributed by atoms with Crippen LogP contribution in [0.2, 0.25) is 0 Å². The molecule has 1 aromatic carbocycles. The minimum Gasteiger partial charge on any atom is -0.496 e. The number of rotatable bonds is 6. The van der Waals surface area contributed by atoms with Crippen molar-refractivity contribution in [2.45, 2.75) is 6.92 Å². The second-order valence-corrected chi connectivity index (χ2v) is 5.10. The van der Waals surface area contributed by atoms with E-state index in [1.807, 2.05) is 12.1 Å². The van der Waals surface area contributed by atoms with Crippen LogP contribution in [0.15, 0.2) is 36.5 Å². The van der Waals surface area contributed by atoms with Gasteiger partial charge < -0.3 is 14.2 Å². The predicted molar refractivity (Wildman–Crippen MR) is 89.2 cm³/mol. The molecule has 0 fully saturated rings. The van der Waals surface area contributed by atoms with E-state index >= 15 is 0 Å². The Morgan fingerprint density at radius 1 is 1.12 bits per heavy atom. The third-order valence-corrected chi connectivity index (χ3v) is 3.51. The van der Waals surface area contributed by atoms with Crippen LogP contribution in [0.3, 0.4) is 0 Å². The maximum Gasteiger partial charge on any atom is 0.269 e. The van der Waals surface area contributed by atoms with Crippen LogP contribution < -0.4 is 14.2 Å². The van der Waals surface area contributed by atoms with Crippen LogP contribution in [0.25, 0.3) is 11.1 Å². The van der Waals surface area contributed by atoms with Gasteiger partial charge in [0.2, 0.25) is 5.88 Å². The molecule has 8 heteroatoms. The van der Waals surface area contributed by atoms with Gasteiger partial charge in [0.1, 0.15) is 11.5 Å². The largest absolute Gasteiger partial charge is 0.496 e. The first-order valence-electron chi connectivity index (χ1n) is 7.40. The Morgan fingerprint density at radius 3 is 2.60 bits per heavy atom. The molecule has 0 aliphatic rings. The number of benzene rings is 1. The number of H-pyrrole nitrogens is 1. The Hall–Kier alpha value is -3.42. The molecule has 0 aliphatic heterocycles. The zero-order valence-electron chi connectivity index (χ0n) is 13.9. The summed E-state index contributed by atoms with van der Waals surface area (Å²) < 4.78 is 16.1. The lowest BCUT2D eigenvalue weighted by Gasteiger charge is -2.11. The molecule has 0 radical (unpaired) electrons. The molecule has 0 bridgehead atoms. The van der Waals surface area contributed by atoms with Crippen molar-refractivity contribution in [3.63, 3.8) is 0 Å². The van der Waals surface area contributed by atoms with Crippen molar-refractivity contribution in [1.29, 1.82) is 0 Å². The zero-order valence-corrected chi connectivity index (χ0v) is 13.9. The number of ether oxygens (including phenoxy) is 3. The summed E-state index contributed by atoms with van der Waals surface area (Å²) in [5.41, 5.74) is 1.93. The summed E-state index contributed by atoms with van der Waals surface area (Å²) in [6.07, 6.45) is 1.70.